The molecule has 0 bridgehead atoms. The summed E-state index contributed by atoms with van der Waals surface area (Å²) in [6.45, 7) is 7.33. The van der Waals surface area contributed by atoms with Gasteiger partial charge < -0.3 is 4.74 Å². The summed E-state index contributed by atoms with van der Waals surface area (Å²) >= 11 is 12.7. The standard InChI is InChI=1S/C20H20Cl2N4O4/c1-9(2)12-7-16(23-8-15(12)27)30-18-13(21)5-11(6-14(18)22)17-19(28)24-20(29)26(25-17)10(3)4/h5-7,9-10H,8H2,1-4H3,(H,24,28,29). The molecule has 0 amide bonds. The van der Waals surface area contributed by atoms with Crippen molar-refractivity contribution >= 4 is 34.9 Å². The number of H-pyrrole nitrogens is 1. The van der Waals surface area contributed by atoms with Crippen LogP contribution < -0.4 is 16.0 Å². The first kappa shape index (κ1) is 22.0. The van der Waals surface area contributed by atoms with Gasteiger partial charge in [0, 0.05) is 17.2 Å². The molecule has 0 unspecified atom stereocenters. The summed E-state index contributed by atoms with van der Waals surface area (Å²) in [7, 11) is 0. The average molecular weight is 451 g/mol. The smallest absolute Gasteiger partial charge is 0.345 e. The van der Waals surface area contributed by atoms with Gasteiger partial charge in [-0.05, 0) is 31.9 Å². The highest BCUT2D eigenvalue weighted by atomic mass is 35.5. The first-order valence-electron chi connectivity index (χ1n) is 9.28. The zero-order valence-electron chi connectivity index (χ0n) is 16.8. The molecular weight excluding hydrogens is 431 g/mol. The first-order valence-corrected chi connectivity index (χ1v) is 10.0. The van der Waals surface area contributed by atoms with E-state index in [1.165, 1.54) is 12.1 Å². The van der Waals surface area contributed by atoms with Gasteiger partial charge >= 0.3 is 5.69 Å². The lowest BCUT2D eigenvalue weighted by atomic mass is 9.97. The SMILES string of the molecule is CC(C)C1=CC(Oc2c(Cl)cc(-c3nn(C(C)C)c(=O)[nH]c3=O)cc2Cl)=NCC1=O. The second-order valence-corrected chi connectivity index (χ2v) is 8.16. The van der Waals surface area contributed by atoms with E-state index in [0.717, 1.165) is 4.68 Å². The predicted molar refractivity (Wildman–Crippen MR) is 116 cm³/mol. The van der Waals surface area contributed by atoms with Gasteiger partial charge in [-0.15, -0.1) is 0 Å². The molecule has 0 saturated carbocycles. The van der Waals surface area contributed by atoms with Crippen LogP contribution in [0.25, 0.3) is 11.3 Å². The zero-order chi connectivity index (χ0) is 22.2. The van der Waals surface area contributed by atoms with Crippen molar-refractivity contribution in [2.45, 2.75) is 33.7 Å². The van der Waals surface area contributed by atoms with Gasteiger partial charge in [-0.1, -0.05) is 37.0 Å². The quantitative estimate of drug-likeness (QED) is 0.767. The molecule has 2 aromatic rings. The summed E-state index contributed by atoms with van der Waals surface area (Å²) < 4.78 is 6.91. The van der Waals surface area contributed by atoms with Crippen molar-refractivity contribution in [3.63, 3.8) is 0 Å². The van der Waals surface area contributed by atoms with E-state index in [1.807, 2.05) is 13.8 Å². The fourth-order valence-corrected chi connectivity index (χ4v) is 3.46. The van der Waals surface area contributed by atoms with Gasteiger partial charge in [-0.3, -0.25) is 14.6 Å². The minimum Gasteiger partial charge on any atom is -0.436 e. The Morgan fingerprint density at radius 2 is 1.73 bits per heavy atom. The average Bonchev–Trinajstić information content (AvgIpc) is 2.65. The number of carbonyl (C=O) groups excluding carboxylic acids is 1. The zero-order valence-corrected chi connectivity index (χ0v) is 18.3. The van der Waals surface area contributed by atoms with Crippen LogP contribution in [-0.2, 0) is 4.79 Å². The maximum atomic E-state index is 12.3. The summed E-state index contributed by atoms with van der Waals surface area (Å²) in [6.07, 6.45) is 1.57. The molecule has 1 aliphatic rings. The number of aromatic nitrogens is 3. The number of halogens is 2. The normalized spacial score (nSPS) is 14.2. The lowest BCUT2D eigenvalue weighted by molar-refractivity contribution is -0.114. The van der Waals surface area contributed by atoms with E-state index in [4.69, 9.17) is 27.9 Å². The van der Waals surface area contributed by atoms with Crippen LogP contribution in [0.15, 0.2) is 38.4 Å². The topological polar surface area (TPSA) is 106 Å². The number of hydrogen-bond donors (Lipinski definition) is 1. The third-order valence-electron chi connectivity index (χ3n) is 4.42. The number of nitrogens with zero attached hydrogens (tertiary/aromatic N) is 3. The van der Waals surface area contributed by atoms with Crippen LogP contribution >= 0.6 is 23.2 Å². The van der Waals surface area contributed by atoms with Crippen LogP contribution in [0.4, 0.5) is 0 Å². The number of hydrogen-bond acceptors (Lipinski definition) is 6. The molecule has 0 spiro atoms. The first-order chi connectivity index (χ1) is 14.1. The summed E-state index contributed by atoms with van der Waals surface area (Å²) in [6, 6.07) is 2.68. The van der Waals surface area contributed by atoms with Gasteiger partial charge in [0.15, 0.2) is 17.2 Å². The number of carbonyl (C=O) groups is 1. The van der Waals surface area contributed by atoms with E-state index in [-0.39, 0.29) is 51.7 Å². The highest BCUT2D eigenvalue weighted by Crippen LogP contribution is 2.37. The molecular formula is C20H20Cl2N4O4. The second-order valence-electron chi connectivity index (χ2n) is 7.35. The largest absolute Gasteiger partial charge is 0.436 e. The van der Waals surface area contributed by atoms with Crippen LogP contribution in [0.3, 0.4) is 0 Å². The number of nitrogens with one attached hydrogen (secondary N) is 1. The van der Waals surface area contributed by atoms with E-state index < -0.39 is 11.2 Å². The molecule has 0 aliphatic carbocycles. The summed E-state index contributed by atoms with van der Waals surface area (Å²) in [5.74, 6) is 0.326. The Labute approximate surface area is 182 Å². The highest BCUT2D eigenvalue weighted by Gasteiger charge is 2.22. The number of aromatic amines is 1. The predicted octanol–water partition coefficient (Wildman–Crippen LogP) is 3.43. The maximum absolute atomic E-state index is 12.3. The molecule has 0 fully saturated rings. The Bertz CT molecular complexity index is 1170. The van der Waals surface area contributed by atoms with Crippen molar-refractivity contribution in [1.82, 2.24) is 14.8 Å². The number of benzene rings is 1. The van der Waals surface area contributed by atoms with Gasteiger partial charge in [0.25, 0.3) is 5.56 Å². The Hall–Kier alpha value is -2.71. The fraction of sp³-hybridized carbons (Fsp3) is 0.350. The van der Waals surface area contributed by atoms with Crippen molar-refractivity contribution < 1.29 is 9.53 Å². The number of ether oxygens (including phenoxy) is 1. The minimum atomic E-state index is -0.655. The van der Waals surface area contributed by atoms with Crippen LogP contribution in [0.2, 0.25) is 10.0 Å². The third-order valence-corrected chi connectivity index (χ3v) is 4.98. The molecule has 2 heterocycles. The van der Waals surface area contributed by atoms with Gasteiger partial charge in [0.05, 0.1) is 16.1 Å². The lowest BCUT2D eigenvalue weighted by Crippen LogP contribution is -2.34. The summed E-state index contributed by atoms with van der Waals surface area (Å²) in [5.41, 5.74) is -0.324. The number of rotatable bonds is 4. The van der Waals surface area contributed by atoms with Gasteiger partial charge in [-0.25, -0.2) is 14.5 Å². The van der Waals surface area contributed by atoms with E-state index >= 15 is 0 Å². The minimum absolute atomic E-state index is 0.00115. The van der Waals surface area contributed by atoms with Gasteiger partial charge in [0.2, 0.25) is 5.90 Å². The third kappa shape index (κ3) is 4.39. The van der Waals surface area contributed by atoms with Crippen LogP contribution in [0.1, 0.15) is 33.7 Å². The van der Waals surface area contributed by atoms with Crippen LogP contribution in [0.5, 0.6) is 5.75 Å². The molecule has 10 heteroatoms. The molecule has 30 heavy (non-hydrogen) atoms. The maximum Gasteiger partial charge on any atom is 0.345 e. The molecule has 3 rings (SSSR count). The molecule has 1 aromatic carbocycles. The van der Waals surface area contributed by atoms with Gasteiger partial charge in [-0.2, -0.15) is 5.10 Å². The van der Waals surface area contributed by atoms with E-state index in [2.05, 4.69) is 15.1 Å². The van der Waals surface area contributed by atoms with E-state index in [9.17, 15) is 14.4 Å². The number of ketones is 1. The molecule has 1 aliphatic heterocycles. The Morgan fingerprint density at radius 3 is 2.30 bits per heavy atom. The fourth-order valence-electron chi connectivity index (χ4n) is 2.90. The summed E-state index contributed by atoms with van der Waals surface area (Å²) in [4.78, 5) is 42.5. The highest BCUT2D eigenvalue weighted by molar-refractivity contribution is 6.38. The second kappa shape index (κ2) is 8.57. The molecule has 0 radical (unpaired) electrons. The number of dihydropyridines is 1. The molecule has 158 valence electrons. The molecule has 0 atom stereocenters. The van der Waals surface area contributed by atoms with E-state index in [0.29, 0.717) is 11.1 Å². The summed E-state index contributed by atoms with van der Waals surface area (Å²) in [5, 5.41) is 4.39. The van der Waals surface area contributed by atoms with Gasteiger partial charge in [0.1, 0.15) is 6.54 Å². The lowest BCUT2D eigenvalue weighted by Gasteiger charge is -2.17. The molecule has 8 nitrogen and oxygen atoms in total. The molecule has 0 saturated heterocycles. The van der Waals surface area contributed by atoms with Crippen LogP contribution in [-0.4, -0.2) is 33.0 Å². The van der Waals surface area contributed by atoms with Crippen molar-refractivity contribution in [3.8, 4) is 17.0 Å². The molecule has 1 N–H and O–H groups in total. The van der Waals surface area contributed by atoms with E-state index in [1.54, 1.807) is 19.9 Å². The monoisotopic (exact) mass is 450 g/mol. The van der Waals surface area contributed by atoms with Crippen molar-refractivity contribution in [2.24, 2.45) is 10.9 Å². The molecule has 1 aromatic heterocycles. The number of aliphatic imine (C=N–C) groups is 1. The Balaban J connectivity index is 2.00. The van der Waals surface area contributed by atoms with Crippen LogP contribution in [0, 0.1) is 5.92 Å². The number of Topliss-reactive ketones (excluding diaryl/α,β-unsaturated/α-hetero) is 1. The van der Waals surface area contributed by atoms with Crippen molar-refractivity contribution in [3.05, 3.63) is 54.7 Å². The van der Waals surface area contributed by atoms with Crippen molar-refractivity contribution in [2.75, 3.05) is 6.54 Å². The Kier molecular flexibility index (Phi) is 6.28. The van der Waals surface area contributed by atoms with Crippen molar-refractivity contribution in [1.29, 1.82) is 0 Å². The Morgan fingerprint density at radius 1 is 1.10 bits per heavy atom.